The number of hydrogen-bond acceptors (Lipinski definition) is 2. The first-order valence-electron chi connectivity index (χ1n) is 5.71. The molecule has 0 unspecified atom stereocenters. The molecule has 1 aliphatic rings. The third-order valence-electron chi connectivity index (χ3n) is 2.96. The van der Waals surface area contributed by atoms with Crippen molar-refractivity contribution in [3.05, 3.63) is 29.6 Å². The summed E-state index contributed by atoms with van der Waals surface area (Å²) in [6, 6.07) is 4.70. The van der Waals surface area contributed by atoms with Crippen LogP contribution in [0.3, 0.4) is 0 Å². The topological polar surface area (TPSA) is 17.1 Å². The number of aldehydes is 1. The molecule has 0 heterocycles. The van der Waals surface area contributed by atoms with Crippen LogP contribution < -0.4 is 0 Å². The second kappa shape index (κ2) is 5.48. The van der Waals surface area contributed by atoms with E-state index in [2.05, 4.69) is 0 Å². The fraction of sp³-hybridized carbons (Fsp3) is 0.462. The molecule has 0 atom stereocenters. The zero-order valence-electron chi connectivity index (χ0n) is 9.12. The van der Waals surface area contributed by atoms with Gasteiger partial charge < -0.3 is 0 Å². The normalized spacial score (nSPS) is 17.3. The van der Waals surface area contributed by atoms with Crippen molar-refractivity contribution in [3.63, 3.8) is 0 Å². The first-order chi connectivity index (χ1) is 7.81. The zero-order valence-corrected chi connectivity index (χ0v) is 9.93. The van der Waals surface area contributed by atoms with Gasteiger partial charge in [-0.1, -0.05) is 31.4 Å². The maximum atomic E-state index is 13.6. The van der Waals surface area contributed by atoms with Crippen molar-refractivity contribution >= 4 is 18.0 Å². The molecule has 0 radical (unpaired) electrons. The molecule has 0 bridgehead atoms. The Hall–Kier alpha value is -0.830. The highest BCUT2D eigenvalue weighted by Crippen LogP contribution is 2.36. The number of carbonyl (C=O) groups is 1. The number of halogens is 1. The minimum Gasteiger partial charge on any atom is -0.298 e. The van der Waals surface area contributed by atoms with Gasteiger partial charge in [-0.25, -0.2) is 4.39 Å². The molecule has 1 saturated carbocycles. The van der Waals surface area contributed by atoms with Crippen LogP contribution in [0.15, 0.2) is 23.1 Å². The smallest absolute Gasteiger partial charge is 0.151 e. The molecule has 1 aliphatic carbocycles. The Morgan fingerprint density at radius 1 is 1.25 bits per heavy atom. The first kappa shape index (κ1) is 11.6. The van der Waals surface area contributed by atoms with Crippen LogP contribution in [0.25, 0.3) is 0 Å². The van der Waals surface area contributed by atoms with Gasteiger partial charge in [-0.15, -0.1) is 11.8 Å². The lowest BCUT2D eigenvalue weighted by molar-refractivity contribution is 0.112. The predicted octanol–water partition coefficient (Wildman–Crippen LogP) is 4.06. The van der Waals surface area contributed by atoms with Crippen LogP contribution in [0.5, 0.6) is 0 Å². The monoisotopic (exact) mass is 238 g/mol. The van der Waals surface area contributed by atoms with Gasteiger partial charge >= 0.3 is 0 Å². The standard InChI is InChI=1S/C13H15FOS/c14-12-8-4-5-10(9-15)13(12)16-11-6-2-1-3-7-11/h4-5,8-9,11H,1-3,6-7H2. The van der Waals surface area contributed by atoms with E-state index in [4.69, 9.17) is 0 Å². The molecule has 0 aromatic heterocycles. The molecule has 3 heteroatoms. The van der Waals surface area contributed by atoms with Crippen molar-refractivity contribution in [2.24, 2.45) is 0 Å². The number of thioether (sulfide) groups is 1. The largest absolute Gasteiger partial charge is 0.298 e. The minimum absolute atomic E-state index is 0.264. The fourth-order valence-electron chi connectivity index (χ4n) is 2.09. The van der Waals surface area contributed by atoms with E-state index >= 15 is 0 Å². The van der Waals surface area contributed by atoms with Crippen molar-refractivity contribution in [1.82, 2.24) is 0 Å². The molecule has 0 amide bonds. The van der Waals surface area contributed by atoms with Gasteiger partial charge in [-0.2, -0.15) is 0 Å². The molecule has 16 heavy (non-hydrogen) atoms. The number of carbonyl (C=O) groups excluding carboxylic acids is 1. The zero-order chi connectivity index (χ0) is 11.4. The average molecular weight is 238 g/mol. The summed E-state index contributed by atoms with van der Waals surface area (Å²) in [6.07, 6.45) is 6.75. The van der Waals surface area contributed by atoms with Crippen LogP contribution in [0.2, 0.25) is 0 Å². The van der Waals surface area contributed by atoms with E-state index in [1.807, 2.05) is 0 Å². The molecule has 0 saturated heterocycles. The molecule has 2 rings (SSSR count). The fourth-order valence-corrected chi connectivity index (χ4v) is 3.43. The van der Waals surface area contributed by atoms with Gasteiger partial charge in [0.15, 0.2) is 6.29 Å². The summed E-state index contributed by atoms with van der Waals surface area (Å²) in [5.74, 6) is -0.264. The summed E-state index contributed by atoms with van der Waals surface area (Å²) in [6.45, 7) is 0. The van der Waals surface area contributed by atoms with E-state index in [0.717, 1.165) is 19.1 Å². The third kappa shape index (κ3) is 2.64. The summed E-state index contributed by atoms with van der Waals surface area (Å²) in [4.78, 5) is 11.4. The van der Waals surface area contributed by atoms with E-state index < -0.39 is 0 Å². The van der Waals surface area contributed by atoms with Gasteiger partial charge in [0.25, 0.3) is 0 Å². The van der Waals surface area contributed by atoms with Gasteiger partial charge in [0, 0.05) is 10.8 Å². The first-order valence-corrected chi connectivity index (χ1v) is 6.59. The van der Waals surface area contributed by atoms with E-state index in [1.165, 1.54) is 37.1 Å². The predicted molar refractivity (Wildman–Crippen MR) is 64.5 cm³/mol. The van der Waals surface area contributed by atoms with Crippen LogP contribution in [0, 0.1) is 5.82 Å². The van der Waals surface area contributed by atoms with Crippen LogP contribution in [0.1, 0.15) is 42.5 Å². The summed E-state index contributed by atoms with van der Waals surface area (Å²) < 4.78 is 13.6. The maximum absolute atomic E-state index is 13.6. The molecular formula is C13H15FOS. The second-order valence-electron chi connectivity index (χ2n) is 4.15. The number of benzene rings is 1. The minimum atomic E-state index is -0.264. The Bertz CT molecular complexity index is 372. The van der Waals surface area contributed by atoms with Crippen molar-refractivity contribution in [1.29, 1.82) is 0 Å². The highest BCUT2D eigenvalue weighted by atomic mass is 32.2. The molecule has 1 fully saturated rings. The highest BCUT2D eigenvalue weighted by Gasteiger charge is 2.18. The Morgan fingerprint density at radius 2 is 2.00 bits per heavy atom. The van der Waals surface area contributed by atoms with Crippen molar-refractivity contribution in [2.45, 2.75) is 42.2 Å². The highest BCUT2D eigenvalue weighted by molar-refractivity contribution is 8.00. The van der Waals surface area contributed by atoms with Crippen molar-refractivity contribution in [2.75, 3.05) is 0 Å². The molecule has 0 spiro atoms. The van der Waals surface area contributed by atoms with Crippen LogP contribution >= 0.6 is 11.8 Å². The molecule has 1 aromatic rings. The van der Waals surface area contributed by atoms with E-state index in [-0.39, 0.29) is 5.82 Å². The summed E-state index contributed by atoms with van der Waals surface area (Å²) in [7, 11) is 0. The summed E-state index contributed by atoms with van der Waals surface area (Å²) >= 11 is 1.54. The molecule has 1 nitrogen and oxygen atoms in total. The van der Waals surface area contributed by atoms with Gasteiger partial charge in [0.05, 0.1) is 4.90 Å². The maximum Gasteiger partial charge on any atom is 0.151 e. The van der Waals surface area contributed by atoms with Gasteiger partial charge in [-0.05, 0) is 18.9 Å². The molecule has 0 aliphatic heterocycles. The SMILES string of the molecule is O=Cc1cccc(F)c1SC1CCCCC1. The Labute approximate surface area is 99.4 Å². The van der Waals surface area contributed by atoms with E-state index in [0.29, 0.717) is 15.7 Å². The van der Waals surface area contributed by atoms with Gasteiger partial charge in [0.2, 0.25) is 0 Å². The van der Waals surface area contributed by atoms with E-state index in [9.17, 15) is 9.18 Å². The van der Waals surface area contributed by atoms with Crippen molar-refractivity contribution < 1.29 is 9.18 Å². The van der Waals surface area contributed by atoms with E-state index in [1.54, 1.807) is 12.1 Å². The molecular weight excluding hydrogens is 223 g/mol. The number of hydrogen-bond donors (Lipinski definition) is 0. The quantitative estimate of drug-likeness (QED) is 0.738. The lowest BCUT2D eigenvalue weighted by Crippen LogP contribution is -2.08. The van der Waals surface area contributed by atoms with Gasteiger partial charge in [0.1, 0.15) is 5.82 Å². The third-order valence-corrected chi connectivity index (χ3v) is 4.43. The van der Waals surface area contributed by atoms with Crippen molar-refractivity contribution in [3.8, 4) is 0 Å². The number of rotatable bonds is 3. The Morgan fingerprint density at radius 3 is 2.69 bits per heavy atom. The Balaban J connectivity index is 2.15. The second-order valence-corrected chi connectivity index (χ2v) is 5.46. The van der Waals surface area contributed by atoms with Crippen LogP contribution in [-0.2, 0) is 0 Å². The lowest BCUT2D eigenvalue weighted by Gasteiger charge is -2.21. The lowest BCUT2D eigenvalue weighted by atomic mass is 10.0. The van der Waals surface area contributed by atoms with Crippen LogP contribution in [-0.4, -0.2) is 11.5 Å². The van der Waals surface area contributed by atoms with Crippen LogP contribution in [0.4, 0.5) is 4.39 Å². The van der Waals surface area contributed by atoms with Gasteiger partial charge in [-0.3, -0.25) is 4.79 Å². The molecule has 0 N–H and O–H groups in total. The molecule has 86 valence electrons. The Kier molecular flexibility index (Phi) is 3.99. The summed E-state index contributed by atoms with van der Waals surface area (Å²) in [5.41, 5.74) is 0.482. The summed E-state index contributed by atoms with van der Waals surface area (Å²) in [5, 5.41) is 0.476. The average Bonchev–Trinajstić information content (AvgIpc) is 2.33. The molecule has 1 aromatic carbocycles.